The summed E-state index contributed by atoms with van der Waals surface area (Å²) in [5.74, 6) is 0. The molecular formula is C8H9Cl2N3O. The molecule has 1 aliphatic rings. The van der Waals surface area contributed by atoms with E-state index >= 15 is 0 Å². The zero-order valence-corrected chi connectivity index (χ0v) is 8.83. The summed E-state index contributed by atoms with van der Waals surface area (Å²) < 4.78 is 0. The molecule has 0 saturated carbocycles. The van der Waals surface area contributed by atoms with Gasteiger partial charge >= 0.3 is 0 Å². The Morgan fingerprint density at radius 3 is 2.86 bits per heavy atom. The van der Waals surface area contributed by atoms with Crippen molar-refractivity contribution in [2.45, 2.75) is 12.5 Å². The molecule has 2 heterocycles. The molecule has 1 atom stereocenters. The molecule has 0 amide bonds. The molecule has 6 heteroatoms. The highest BCUT2D eigenvalue weighted by molar-refractivity contribution is 6.33. The van der Waals surface area contributed by atoms with Crippen LogP contribution in [0, 0.1) is 0 Å². The lowest BCUT2D eigenvalue weighted by Crippen LogP contribution is -2.21. The average molecular weight is 234 g/mol. The predicted molar refractivity (Wildman–Crippen MR) is 54.9 cm³/mol. The van der Waals surface area contributed by atoms with Crippen LogP contribution < -0.4 is 4.90 Å². The maximum Gasteiger partial charge on any atom is 0.175 e. The fraction of sp³-hybridized carbons (Fsp3) is 0.500. The maximum atomic E-state index is 9.37. The molecule has 0 bridgehead atoms. The zero-order chi connectivity index (χ0) is 10.1. The van der Waals surface area contributed by atoms with E-state index in [1.54, 1.807) is 6.07 Å². The molecule has 1 aromatic rings. The third-order valence-corrected chi connectivity index (χ3v) is 2.66. The number of aliphatic hydroxyl groups is 1. The molecule has 76 valence electrons. The van der Waals surface area contributed by atoms with Crippen LogP contribution in [0.15, 0.2) is 6.07 Å². The third-order valence-electron chi connectivity index (χ3n) is 2.20. The van der Waals surface area contributed by atoms with Gasteiger partial charge in [-0.3, -0.25) is 0 Å². The summed E-state index contributed by atoms with van der Waals surface area (Å²) in [6.07, 6.45) is 0.453. The van der Waals surface area contributed by atoms with Crippen LogP contribution in [0.3, 0.4) is 0 Å². The molecule has 0 spiro atoms. The van der Waals surface area contributed by atoms with Gasteiger partial charge in [-0.05, 0) is 6.42 Å². The Labute approximate surface area is 91.5 Å². The van der Waals surface area contributed by atoms with Gasteiger partial charge in [0.1, 0.15) is 0 Å². The molecule has 4 nitrogen and oxygen atoms in total. The highest BCUT2D eigenvalue weighted by Crippen LogP contribution is 2.28. The van der Waals surface area contributed by atoms with E-state index in [2.05, 4.69) is 10.2 Å². The van der Waals surface area contributed by atoms with E-state index in [1.165, 1.54) is 0 Å². The number of anilines is 1. The number of hydrogen-bond donors (Lipinski definition) is 1. The maximum absolute atomic E-state index is 9.37. The number of hydrogen-bond acceptors (Lipinski definition) is 4. The lowest BCUT2D eigenvalue weighted by molar-refractivity contribution is 0.198. The van der Waals surface area contributed by atoms with Crippen molar-refractivity contribution in [3.05, 3.63) is 16.4 Å². The van der Waals surface area contributed by atoms with Gasteiger partial charge in [0.05, 0.1) is 11.8 Å². The summed E-state index contributed by atoms with van der Waals surface area (Å²) >= 11 is 11.6. The second-order valence-electron chi connectivity index (χ2n) is 3.23. The largest absolute Gasteiger partial charge is 0.391 e. The van der Waals surface area contributed by atoms with Gasteiger partial charge < -0.3 is 10.0 Å². The van der Waals surface area contributed by atoms with Gasteiger partial charge in [0.15, 0.2) is 10.3 Å². The first kappa shape index (κ1) is 9.96. The normalized spacial score (nSPS) is 21.6. The molecule has 1 aromatic heterocycles. The summed E-state index contributed by atoms with van der Waals surface area (Å²) in [6.45, 7) is 1.34. The van der Waals surface area contributed by atoms with E-state index in [0.717, 1.165) is 18.7 Å². The van der Waals surface area contributed by atoms with Crippen LogP contribution in [0.5, 0.6) is 0 Å². The quantitative estimate of drug-likeness (QED) is 0.796. The van der Waals surface area contributed by atoms with E-state index in [4.69, 9.17) is 23.2 Å². The van der Waals surface area contributed by atoms with Crippen LogP contribution in [0.4, 0.5) is 5.69 Å². The Kier molecular flexibility index (Phi) is 2.76. The Bertz CT molecular complexity index is 347. The van der Waals surface area contributed by atoms with Gasteiger partial charge in [-0.15, -0.1) is 10.2 Å². The lowest BCUT2D eigenvalue weighted by Gasteiger charge is -2.17. The van der Waals surface area contributed by atoms with Crippen molar-refractivity contribution >= 4 is 28.9 Å². The molecule has 0 aromatic carbocycles. The molecule has 1 saturated heterocycles. The average Bonchev–Trinajstić information content (AvgIpc) is 2.56. The molecular weight excluding hydrogens is 225 g/mol. The number of aromatic nitrogens is 2. The van der Waals surface area contributed by atoms with Crippen molar-refractivity contribution in [1.82, 2.24) is 10.2 Å². The summed E-state index contributed by atoms with van der Waals surface area (Å²) in [5, 5.41) is 17.3. The second-order valence-corrected chi connectivity index (χ2v) is 3.98. The van der Waals surface area contributed by atoms with E-state index in [-0.39, 0.29) is 6.10 Å². The fourth-order valence-corrected chi connectivity index (χ4v) is 1.88. The van der Waals surface area contributed by atoms with Crippen LogP contribution in [-0.4, -0.2) is 34.5 Å². The Morgan fingerprint density at radius 2 is 2.21 bits per heavy atom. The van der Waals surface area contributed by atoms with Gasteiger partial charge in [0.2, 0.25) is 0 Å². The van der Waals surface area contributed by atoms with Gasteiger partial charge in [-0.2, -0.15) is 0 Å². The standard InChI is InChI=1S/C8H9Cl2N3O/c9-7-3-6(8(10)12-11-7)13-2-1-5(14)4-13/h3,5,14H,1-2,4H2/t5-/m1/s1. The SMILES string of the molecule is O[C@@H]1CCN(c2cc(Cl)nnc2Cl)C1. The van der Waals surface area contributed by atoms with Crippen molar-refractivity contribution in [3.63, 3.8) is 0 Å². The summed E-state index contributed by atoms with van der Waals surface area (Å²) in [5.41, 5.74) is 0.739. The van der Waals surface area contributed by atoms with Crippen molar-refractivity contribution in [3.8, 4) is 0 Å². The van der Waals surface area contributed by atoms with Crippen LogP contribution >= 0.6 is 23.2 Å². The number of halogens is 2. The Morgan fingerprint density at radius 1 is 1.43 bits per heavy atom. The molecule has 2 rings (SSSR count). The Hall–Kier alpha value is -0.580. The first-order chi connectivity index (χ1) is 6.66. The van der Waals surface area contributed by atoms with Crippen LogP contribution in [-0.2, 0) is 0 Å². The van der Waals surface area contributed by atoms with Gasteiger partial charge in [-0.25, -0.2) is 0 Å². The molecule has 1 fully saturated rings. The smallest absolute Gasteiger partial charge is 0.175 e. The van der Waals surface area contributed by atoms with Crippen molar-refractivity contribution in [2.75, 3.05) is 18.0 Å². The highest BCUT2D eigenvalue weighted by atomic mass is 35.5. The third kappa shape index (κ3) is 1.92. The van der Waals surface area contributed by atoms with Crippen LogP contribution in [0.25, 0.3) is 0 Å². The fourth-order valence-electron chi connectivity index (χ4n) is 1.53. The van der Waals surface area contributed by atoms with Gasteiger partial charge in [-0.1, -0.05) is 23.2 Å². The topological polar surface area (TPSA) is 49.2 Å². The molecule has 0 radical (unpaired) electrons. The van der Waals surface area contributed by atoms with E-state index < -0.39 is 0 Å². The minimum Gasteiger partial charge on any atom is -0.391 e. The highest BCUT2D eigenvalue weighted by Gasteiger charge is 2.22. The molecule has 0 aliphatic carbocycles. The number of β-amino-alcohol motifs (C(OH)–C–C–N with tert-alkyl or cyclic N) is 1. The number of nitrogens with zero attached hydrogens (tertiary/aromatic N) is 3. The molecule has 1 aliphatic heterocycles. The predicted octanol–water partition coefficient (Wildman–Crippen LogP) is 1.35. The first-order valence-corrected chi connectivity index (χ1v) is 5.04. The van der Waals surface area contributed by atoms with E-state index in [9.17, 15) is 5.11 Å². The van der Waals surface area contributed by atoms with Gasteiger partial charge in [0, 0.05) is 19.2 Å². The molecule has 14 heavy (non-hydrogen) atoms. The number of rotatable bonds is 1. The molecule has 1 N–H and O–H groups in total. The monoisotopic (exact) mass is 233 g/mol. The summed E-state index contributed by atoms with van der Waals surface area (Å²) in [4.78, 5) is 1.95. The summed E-state index contributed by atoms with van der Waals surface area (Å²) in [7, 11) is 0. The van der Waals surface area contributed by atoms with Crippen LogP contribution in [0.1, 0.15) is 6.42 Å². The van der Waals surface area contributed by atoms with E-state index in [0.29, 0.717) is 16.9 Å². The Balaban J connectivity index is 2.27. The van der Waals surface area contributed by atoms with Crippen molar-refractivity contribution in [2.24, 2.45) is 0 Å². The van der Waals surface area contributed by atoms with Crippen molar-refractivity contribution < 1.29 is 5.11 Å². The minimum absolute atomic E-state index is 0.294. The summed E-state index contributed by atoms with van der Waals surface area (Å²) in [6, 6.07) is 1.66. The second kappa shape index (κ2) is 3.88. The number of aliphatic hydroxyl groups excluding tert-OH is 1. The van der Waals surface area contributed by atoms with Crippen molar-refractivity contribution in [1.29, 1.82) is 0 Å². The van der Waals surface area contributed by atoms with E-state index in [1.807, 2.05) is 4.90 Å². The minimum atomic E-state index is -0.294. The lowest BCUT2D eigenvalue weighted by atomic mass is 10.3. The van der Waals surface area contributed by atoms with Crippen LogP contribution in [0.2, 0.25) is 10.3 Å². The molecule has 0 unspecified atom stereocenters. The first-order valence-electron chi connectivity index (χ1n) is 4.28. The van der Waals surface area contributed by atoms with Gasteiger partial charge in [0.25, 0.3) is 0 Å². The zero-order valence-electron chi connectivity index (χ0n) is 7.32.